The lowest BCUT2D eigenvalue weighted by Crippen LogP contribution is -2.12. The lowest BCUT2D eigenvalue weighted by atomic mass is 10.2. The molecule has 1 N–H and O–H groups in total. The molecule has 0 saturated carbocycles. The number of amides is 1. The molecular weight excluding hydrogens is 202 g/mol. The van der Waals surface area contributed by atoms with Crippen molar-refractivity contribution in [3.8, 4) is 5.75 Å². The van der Waals surface area contributed by atoms with Crippen LogP contribution in [0.4, 0.5) is 5.69 Å². The molecule has 0 aromatic heterocycles. The summed E-state index contributed by atoms with van der Waals surface area (Å²) in [6.07, 6.45) is 0. The molecule has 0 saturated heterocycles. The Morgan fingerprint density at radius 2 is 2.21 bits per heavy atom. The number of alkyl halides is 1. The van der Waals surface area contributed by atoms with Gasteiger partial charge in [0.1, 0.15) is 11.6 Å². The highest BCUT2D eigenvalue weighted by Gasteiger charge is 2.02. The van der Waals surface area contributed by atoms with Crippen LogP contribution >= 0.6 is 11.6 Å². The summed E-state index contributed by atoms with van der Waals surface area (Å²) < 4.78 is 5.07. The molecule has 0 bridgehead atoms. The Hall–Kier alpha value is -1.22. The van der Waals surface area contributed by atoms with Gasteiger partial charge in [-0.25, -0.2) is 0 Å². The van der Waals surface area contributed by atoms with Gasteiger partial charge >= 0.3 is 0 Å². The van der Waals surface area contributed by atoms with E-state index >= 15 is 0 Å². The first kappa shape index (κ1) is 10.9. The van der Waals surface area contributed by atoms with E-state index in [0.29, 0.717) is 5.69 Å². The summed E-state index contributed by atoms with van der Waals surface area (Å²) in [6, 6.07) is 5.49. The minimum absolute atomic E-state index is 0.0454. The van der Waals surface area contributed by atoms with E-state index in [1.165, 1.54) is 0 Å². The monoisotopic (exact) mass is 213 g/mol. The molecule has 3 nitrogen and oxygen atoms in total. The van der Waals surface area contributed by atoms with Gasteiger partial charge in [0, 0.05) is 11.8 Å². The highest BCUT2D eigenvalue weighted by Crippen LogP contribution is 2.20. The van der Waals surface area contributed by atoms with Crippen molar-refractivity contribution in [3.05, 3.63) is 23.8 Å². The molecule has 0 aliphatic heterocycles. The van der Waals surface area contributed by atoms with E-state index in [1.807, 2.05) is 19.1 Å². The number of nitrogens with one attached hydrogen (secondary N) is 1. The van der Waals surface area contributed by atoms with Crippen LogP contribution in [0, 0.1) is 6.92 Å². The minimum atomic E-state index is -0.223. The summed E-state index contributed by atoms with van der Waals surface area (Å²) in [5.41, 5.74) is 1.72. The number of aryl methyl sites for hydroxylation is 1. The Morgan fingerprint density at radius 3 is 2.79 bits per heavy atom. The number of hydrogen-bond donors (Lipinski definition) is 1. The van der Waals surface area contributed by atoms with Gasteiger partial charge in [0.15, 0.2) is 0 Å². The second kappa shape index (κ2) is 4.86. The molecule has 0 atom stereocenters. The standard InChI is InChI=1S/C10H12ClNO2/c1-7-3-8(12-10(13)6-11)5-9(4-7)14-2/h3-5H,6H2,1-2H3,(H,12,13). The SMILES string of the molecule is COc1cc(C)cc(NC(=O)CCl)c1. The van der Waals surface area contributed by atoms with Crippen molar-refractivity contribution in [2.75, 3.05) is 18.3 Å². The van der Waals surface area contributed by atoms with E-state index in [1.54, 1.807) is 13.2 Å². The van der Waals surface area contributed by atoms with Crippen LogP contribution < -0.4 is 10.1 Å². The Bertz CT molecular complexity index is 339. The van der Waals surface area contributed by atoms with E-state index in [-0.39, 0.29) is 11.8 Å². The smallest absolute Gasteiger partial charge is 0.239 e. The van der Waals surface area contributed by atoms with E-state index in [0.717, 1.165) is 11.3 Å². The van der Waals surface area contributed by atoms with Gasteiger partial charge in [-0.15, -0.1) is 11.6 Å². The van der Waals surface area contributed by atoms with Crippen molar-refractivity contribution in [3.63, 3.8) is 0 Å². The third-order valence-corrected chi connectivity index (χ3v) is 1.93. The first-order chi connectivity index (χ1) is 6.65. The quantitative estimate of drug-likeness (QED) is 0.782. The molecule has 14 heavy (non-hydrogen) atoms. The average Bonchev–Trinajstić information content (AvgIpc) is 2.16. The average molecular weight is 214 g/mol. The number of benzene rings is 1. The Labute approximate surface area is 88.0 Å². The summed E-state index contributed by atoms with van der Waals surface area (Å²) in [5, 5.41) is 2.66. The second-order valence-corrected chi connectivity index (χ2v) is 3.19. The molecule has 0 heterocycles. The number of rotatable bonds is 3. The molecule has 76 valence electrons. The molecule has 0 aliphatic rings. The molecule has 0 unspecified atom stereocenters. The Balaban J connectivity index is 2.86. The predicted octanol–water partition coefficient (Wildman–Crippen LogP) is 2.18. The van der Waals surface area contributed by atoms with E-state index in [9.17, 15) is 4.79 Å². The molecule has 0 radical (unpaired) electrons. The number of hydrogen-bond acceptors (Lipinski definition) is 2. The van der Waals surface area contributed by atoms with Gasteiger partial charge in [0.2, 0.25) is 5.91 Å². The normalized spacial score (nSPS) is 9.64. The zero-order chi connectivity index (χ0) is 10.6. The first-order valence-corrected chi connectivity index (χ1v) is 4.70. The van der Waals surface area contributed by atoms with E-state index < -0.39 is 0 Å². The number of carbonyl (C=O) groups is 1. The van der Waals surface area contributed by atoms with Crippen LogP contribution in [0.2, 0.25) is 0 Å². The number of methoxy groups -OCH3 is 1. The van der Waals surface area contributed by atoms with Crippen LogP contribution in [0.5, 0.6) is 5.75 Å². The zero-order valence-corrected chi connectivity index (χ0v) is 8.89. The molecule has 0 fully saturated rings. The van der Waals surface area contributed by atoms with Gasteiger partial charge in [-0.1, -0.05) is 0 Å². The van der Waals surface area contributed by atoms with Crippen molar-refractivity contribution in [1.82, 2.24) is 0 Å². The summed E-state index contributed by atoms with van der Waals surface area (Å²) >= 11 is 5.37. The van der Waals surface area contributed by atoms with E-state index in [2.05, 4.69) is 5.32 Å². The third-order valence-electron chi connectivity index (χ3n) is 1.69. The summed E-state index contributed by atoms with van der Waals surface area (Å²) in [6.45, 7) is 1.93. The van der Waals surface area contributed by atoms with Crippen LogP contribution in [-0.4, -0.2) is 18.9 Å². The van der Waals surface area contributed by atoms with Crippen LogP contribution in [0.15, 0.2) is 18.2 Å². The molecule has 1 amide bonds. The molecule has 1 aromatic rings. The summed E-state index contributed by atoms with van der Waals surface area (Å²) in [5.74, 6) is 0.449. The maximum Gasteiger partial charge on any atom is 0.239 e. The fourth-order valence-electron chi connectivity index (χ4n) is 1.13. The fourth-order valence-corrected chi connectivity index (χ4v) is 1.20. The Morgan fingerprint density at radius 1 is 1.50 bits per heavy atom. The zero-order valence-electron chi connectivity index (χ0n) is 8.13. The topological polar surface area (TPSA) is 38.3 Å². The number of halogens is 1. The van der Waals surface area contributed by atoms with Gasteiger partial charge in [-0.05, 0) is 24.6 Å². The maximum absolute atomic E-state index is 11.0. The number of anilines is 1. The molecule has 1 aromatic carbocycles. The second-order valence-electron chi connectivity index (χ2n) is 2.92. The third kappa shape index (κ3) is 2.92. The van der Waals surface area contributed by atoms with Crippen LogP contribution in [0.3, 0.4) is 0 Å². The van der Waals surface area contributed by atoms with Crippen molar-refractivity contribution < 1.29 is 9.53 Å². The van der Waals surface area contributed by atoms with Crippen LogP contribution in [0.1, 0.15) is 5.56 Å². The van der Waals surface area contributed by atoms with E-state index in [4.69, 9.17) is 16.3 Å². The van der Waals surface area contributed by atoms with Gasteiger partial charge < -0.3 is 10.1 Å². The van der Waals surface area contributed by atoms with Crippen molar-refractivity contribution >= 4 is 23.2 Å². The van der Waals surface area contributed by atoms with Gasteiger partial charge in [0.05, 0.1) is 7.11 Å². The highest BCUT2D eigenvalue weighted by molar-refractivity contribution is 6.29. The number of ether oxygens (including phenoxy) is 1. The molecule has 0 spiro atoms. The summed E-state index contributed by atoms with van der Waals surface area (Å²) in [7, 11) is 1.59. The van der Waals surface area contributed by atoms with Gasteiger partial charge in [-0.2, -0.15) is 0 Å². The fraction of sp³-hybridized carbons (Fsp3) is 0.300. The lowest BCUT2D eigenvalue weighted by molar-refractivity contribution is -0.113. The molecular formula is C10H12ClNO2. The molecule has 4 heteroatoms. The van der Waals surface area contributed by atoms with Crippen molar-refractivity contribution in [2.45, 2.75) is 6.92 Å². The maximum atomic E-state index is 11.0. The Kier molecular flexibility index (Phi) is 3.77. The largest absolute Gasteiger partial charge is 0.497 e. The van der Waals surface area contributed by atoms with Crippen molar-refractivity contribution in [2.24, 2.45) is 0 Å². The minimum Gasteiger partial charge on any atom is -0.497 e. The van der Waals surface area contributed by atoms with Crippen LogP contribution in [0.25, 0.3) is 0 Å². The predicted molar refractivity (Wildman–Crippen MR) is 57.1 cm³/mol. The lowest BCUT2D eigenvalue weighted by Gasteiger charge is -2.07. The molecule has 0 aliphatic carbocycles. The number of carbonyl (C=O) groups excluding carboxylic acids is 1. The van der Waals surface area contributed by atoms with Crippen molar-refractivity contribution in [1.29, 1.82) is 0 Å². The van der Waals surface area contributed by atoms with Crippen LogP contribution in [-0.2, 0) is 4.79 Å². The van der Waals surface area contributed by atoms with Gasteiger partial charge in [0.25, 0.3) is 0 Å². The molecule has 1 rings (SSSR count). The van der Waals surface area contributed by atoms with Gasteiger partial charge in [-0.3, -0.25) is 4.79 Å². The highest BCUT2D eigenvalue weighted by atomic mass is 35.5. The summed E-state index contributed by atoms with van der Waals surface area (Å²) in [4.78, 5) is 11.0. The first-order valence-electron chi connectivity index (χ1n) is 4.17.